The molecule has 0 aliphatic rings. The van der Waals surface area contributed by atoms with Gasteiger partial charge in [0.25, 0.3) is 0 Å². The van der Waals surface area contributed by atoms with Gasteiger partial charge in [0, 0.05) is 0 Å². The van der Waals surface area contributed by atoms with Gasteiger partial charge in [0.05, 0.1) is 13.2 Å². The van der Waals surface area contributed by atoms with E-state index in [2.05, 4.69) is 0 Å². The number of hydrogen-bond acceptors (Lipinski definition) is 1. The van der Waals surface area contributed by atoms with Crippen molar-refractivity contribution < 1.29 is 9.84 Å². The summed E-state index contributed by atoms with van der Waals surface area (Å²) in [6.07, 6.45) is 1.55. The highest BCUT2D eigenvalue weighted by atomic mass is 16.5. The predicted octanol–water partition coefficient (Wildman–Crippen LogP) is 2.28. The van der Waals surface area contributed by atoms with Crippen LogP contribution in [0.3, 0.4) is 0 Å². The molecule has 0 amide bonds. The largest absolute Gasteiger partial charge is 0.494 e. The van der Waals surface area contributed by atoms with Crippen molar-refractivity contribution in [2.75, 3.05) is 13.2 Å². The number of benzene rings is 1. The average Bonchev–Trinajstić information content (AvgIpc) is 2.14. The first-order valence-electron chi connectivity index (χ1n) is 4.19. The minimum atomic E-state index is -0.00184. The van der Waals surface area contributed by atoms with Gasteiger partial charge in [-0.15, -0.1) is 0 Å². The van der Waals surface area contributed by atoms with Crippen molar-refractivity contribution in [1.29, 1.82) is 0 Å². The van der Waals surface area contributed by atoms with Crippen molar-refractivity contribution in [2.24, 2.45) is 0 Å². The van der Waals surface area contributed by atoms with Gasteiger partial charge in [-0.3, -0.25) is 0 Å². The molecule has 0 aromatic heterocycles. The first-order chi connectivity index (χ1) is 5.93. The fourth-order valence-corrected chi connectivity index (χ4v) is 0.911. The van der Waals surface area contributed by atoms with E-state index < -0.39 is 0 Å². The molecule has 0 heterocycles. The molecule has 0 fully saturated rings. The van der Waals surface area contributed by atoms with E-state index in [1.807, 2.05) is 30.3 Å². The van der Waals surface area contributed by atoms with Gasteiger partial charge in [-0.05, 0) is 25.0 Å². The lowest BCUT2D eigenvalue weighted by Gasteiger charge is -2.03. The lowest BCUT2D eigenvalue weighted by atomic mass is 10.3. The number of para-hydroxylation sites is 1. The van der Waals surface area contributed by atoms with E-state index in [0.717, 1.165) is 12.2 Å². The van der Waals surface area contributed by atoms with Crippen LogP contribution in [0, 0.1) is 0 Å². The zero-order chi connectivity index (χ0) is 8.65. The van der Waals surface area contributed by atoms with Gasteiger partial charge < -0.3 is 4.74 Å². The lowest BCUT2D eigenvalue weighted by Crippen LogP contribution is -1.97. The fraction of sp³-hybridized carbons (Fsp3) is 0.400. The molecule has 2 nitrogen and oxygen atoms in total. The van der Waals surface area contributed by atoms with Crippen LogP contribution in [0.4, 0.5) is 0 Å². The zero-order valence-corrected chi connectivity index (χ0v) is 7.03. The average molecular weight is 165 g/mol. The maximum atomic E-state index is 10.1. The highest BCUT2D eigenvalue weighted by Gasteiger charge is 1.90. The molecule has 1 aromatic rings. The van der Waals surface area contributed by atoms with Crippen molar-refractivity contribution >= 4 is 0 Å². The molecule has 0 N–H and O–H groups in total. The number of rotatable bonds is 5. The van der Waals surface area contributed by atoms with Crippen molar-refractivity contribution in [3.8, 4) is 5.75 Å². The van der Waals surface area contributed by atoms with E-state index in [9.17, 15) is 5.11 Å². The minimum Gasteiger partial charge on any atom is -0.494 e. The van der Waals surface area contributed by atoms with Gasteiger partial charge >= 0.3 is 0 Å². The molecule has 65 valence electrons. The summed E-state index contributed by atoms with van der Waals surface area (Å²) in [5.74, 6) is 0.878. The Kier molecular flexibility index (Phi) is 4.24. The van der Waals surface area contributed by atoms with Crippen molar-refractivity contribution in [2.45, 2.75) is 12.8 Å². The summed E-state index contributed by atoms with van der Waals surface area (Å²) in [5, 5.41) is 10.1. The van der Waals surface area contributed by atoms with Crippen LogP contribution >= 0.6 is 0 Å². The third kappa shape index (κ3) is 3.39. The minimum absolute atomic E-state index is 0.00184. The quantitative estimate of drug-likeness (QED) is 0.615. The Morgan fingerprint density at radius 3 is 2.50 bits per heavy atom. The van der Waals surface area contributed by atoms with Gasteiger partial charge in [0.1, 0.15) is 5.75 Å². The Bertz CT molecular complexity index is 196. The first-order valence-corrected chi connectivity index (χ1v) is 4.19. The van der Waals surface area contributed by atoms with E-state index in [1.54, 1.807) is 0 Å². The Morgan fingerprint density at radius 2 is 1.83 bits per heavy atom. The number of hydrogen-bond donors (Lipinski definition) is 0. The number of unbranched alkanes of at least 4 members (excludes halogenated alkanes) is 1. The standard InChI is InChI=1S/C10H13O2/c11-8-4-5-9-12-10-6-2-1-3-7-10/h1-3,6-7H,4-5,8-9H2. The van der Waals surface area contributed by atoms with Crippen LogP contribution in [-0.2, 0) is 5.11 Å². The van der Waals surface area contributed by atoms with Gasteiger partial charge in [-0.25, -0.2) is 5.11 Å². The molecular weight excluding hydrogens is 152 g/mol. The summed E-state index contributed by atoms with van der Waals surface area (Å²) in [4.78, 5) is 0. The van der Waals surface area contributed by atoms with Crippen LogP contribution in [0.25, 0.3) is 0 Å². The third-order valence-electron chi connectivity index (χ3n) is 1.55. The second kappa shape index (κ2) is 5.61. The van der Waals surface area contributed by atoms with E-state index in [0.29, 0.717) is 13.0 Å². The smallest absolute Gasteiger partial charge is 0.119 e. The molecule has 0 bridgehead atoms. The molecule has 1 rings (SSSR count). The maximum absolute atomic E-state index is 10.1. The van der Waals surface area contributed by atoms with Crippen LogP contribution in [0.15, 0.2) is 30.3 Å². The molecule has 0 aliphatic heterocycles. The van der Waals surface area contributed by atoms with Crippen LogP contribution in [0.2, 0.25) is 0 Å². The van der Waals surface area contributed by atoms with Crippen LogP contribution in [-0.4, -0.2) is 13.2 Å². The summed E-state index contributed by atoms with van der Waals surface area (Å²) >= 11 is 0. The van der Waals surface area contributed by atoms with E-state index in [1.165, 1.54) is 0 Å². The van der Waals surface area contributed by atoms with E-state index >= 15 is 0 Å². The van der Waals surface area contributed by atoms with Gasteiger partial charge in [-0.1, -0.05) is 18.2 Å². The fourth-order valence-electron chi connectivity index (χ4n) is 0.911. The molecular formula is C10H13O2. The topological polar surface area (TPSA) is 29.1 Å². The summed E-state index contributed by atoms with van der Waals surface area (Å²) < 4.78 is 5.37. The predicted molar refractivity (Wildman–Crippen MR) is 46.7 cm³/mol. The molecule has 0 aliphatic carbocycles. The van der Waals surface area contributed by atoms with E-state index in [4.69, 9.17) is 4.74 Å². The van der Waals surface area contributed by atoms with Crippen LogP contribution in [0.5, 0.6) is 5.75 Å². The monoisotopic (exact) mass is 165 g/mol. The molecule has 0 unspecified atom stereocenters. The normalized spacial score (nSPS) is 9.75. The maximum Gasteiger partial charge on any atom is 0.119 e. The summed E-state index contributed by atoms with van der Waals surface area (Å²) in [5.41, 5.74) is 0. The molecule has 2 heteroatoms. The molecule has 0 spiro atoms. The molecule has 12 heavy (non-hydrogen) atoms. The van der Waals surface area contributed by atoms with Crippen molar-refractivity contribution in [3.63, 3.8) is 0 Å². The zero-order valence-electron chi connectivity index (χ0n) is 7.03. The third-order valence-corrected chi connectivity index (χ3v) is 1.55. The van der Waals surface area contributed by atoms with Gasteiger partial charge in [0.15, 0.2) is 0 Å². The Balaban J connectivity index is 2.16. The van der Waals surface area contributed by atoms with Crippen molar-refractivity contribution in [3.05, 3.63) is 30.3 Å². The van der Waals surface area contributed by atoms with Crippen LogP contribution in [0.1, 0.15) is 12.8 Å². The Hall–Kier alpha value is -1.02. The molecule has 0 saturated carbocycles. The molecule has 0 atom stereocenters. The molecule has 1 aromatic carbocycles. The second-order valence-corrected chi connectivity index (χ2v) is 2.57. The summed E-state index contributed by atoms with van der Waals surface area (Å²) in [6, 6.07) is 9.64. The second-order valence-electron chi connectivity index (χ2n) is 2.57. The SMILES string of the molecule is [O]CCCCOc1ccccc1. The van der Waals surface area contributed by atoms with Crippen molar-refractivity contribution in [1.82, 2.24) is 0 Å². The Labute approximate surface area is 72.8 Å². The van der Waals surface area contributed by atoms with Gasteiger partial charge in [-0.2, -0.15) is 0 Å². The lowest BCUT2D eigenvalue weighted by molar-refractivity contribution is 0.178. The van der Waals surface area contributed by atoms with E-state index in [-0.39, 0.29) is 6.61 Å². The summed E-state index contributed by atoms with van der Waals surface area (Å²) in [6.45, 7) is 0.643. The molecule has 1 radical (unpaired) electrons. The van der Waals surface area contributed by atoms with Gasteiger partial charge in [0.2, 0.25) is 0 Å². The highest BCUT2D eigenvalue weighted by molar-refractivity contribution is 5.20. The Morgan fingerprint density at radius 1 is 1.08 bits per heavy atom. The first kappa shape index (κ1) is 9.07. The highest BCUT2D eigenvalue weighted by Crippen LogP contribution is 2.08. The summed E-state index contributed by atoms with van der Waals surface area (Å²) in [7, 11) is 0. The molecule has 0 saturated heterocycles. The van der Waals surface area contributed by atoms with Crippen LogP contribution < -0.4 is 4.74 Å². The number of ether oxygens (including phenoxy) is 1.